The Morgan fingerprint density at radius 1 is 1.19 bits per heavy atom. The number of benzene rings is 1. The molecule has 1 aromatic carbocycles. The first-order chi connectivity index (χ1) is 22.6. The zero-order valence-corrected chi connectivity index (χ0v) is 25.5. The van der Waals surface area contributed by atoms with E-state index >= 15 is 0 Å². The van der Waals surface area contributed by atoms with Crippen molar-refractivity contribution in [1.82, 2.24) is 29.6 Å². The third kappa shape index (κ3) is 5.52. The van der Waals surface area contributed by atoms with Crippen LogP contribution in [0.1, 0.15) is 60.5 Å². The van der Waals surface area contributed by atoms with Crippen LogP contribution in [-0.4, -0.2) is 74.0 Å². The maximum Gasteiger partial charge on any atom is 0.416 e. The fraction of sp³-hybridized carbons (Fsp3) is 0.406. The molecule has 1 saturated carbocycles. The number of imidazole rings is 1. The van der Waals surface area contributed by atoms with Gasteiger partial charge < -0.3 is 30.7 Å². The number of anilines is 2. The van der Waals surface area contributed by atoms with Crippen LogP contribution >= 0.6 is 0 Å². The number of nitrogens with zero attached hydrogens (tertiary/aromatic N) is 5. The molecule has 3 fully saturated rings. The molecule has 5 heterocycles. The van der Waals surface area contributed by atoms with Crippen molar-refractivity contribution in [3.63, 3.8) is 0 Å². The second-order valence-electron chi connectivity index (χ2n) is 12.0. The summed E-state index contributed by atoms with van der Waals surface area (Å²) in [5, 5.41) is 5.93. The van der Waals surface area contributed by atoms with Crippen LogP contribution in [0.4, 0.5) is 24.8 Å². The number of pyridine rings is 1. The predicted molar refractivity (Wildman–Crippen MR) is 165 cm³/mol. The number of hydrogen-bond acceptors (Lipinski definition) is 9. The molecule has 1 aliphatic carbocycles. The maximum atomic E-state index is 13.7. The summed E-state index contributed by atoms with van der Waals surface area (Å²) in [6.07, 6.45) is 2.82. The Labute approximate surface area is 267 Å². The fourth-order valence-corrected chi connectivity index (χ4v) is 6.80. The van der Waals surface area contributed by atoms with Crippen LogP contribution in [-0.2, 0) is 15.7 Å². The average molecular weight is 651 g/mol. The van der Waals surface area contributed by atoms with E-state index in [0.29, 0.717) is 48.0 Å². The molecule has 7 rings (SSSR count). The molecule has 4 aromatic rings. The van der Waals surface area contributed by atoms with Gasteiger partial charge in [-0.2, -0.15) is 13.2 Å². The molecule has 1 spiro atoms. The van der Waals surface area contributed by atoms with Crippen molar-refractivity contribution in [2.75, 3.05) is 37.4 Å². The molecule has 2 aliphatic heterocycles. The third-order valence-corrected chi connectivity index (χ3v) is 9.12. The van der Waals surface area contributed by atoms with E-state index in [2.05, 4.69) is 20.6 Å². The van der Waals surface area contributed by atoms with Crippen molar-refractivity contribution in [3.8, 4) is 17.0 Å². The van der Waals surface area contributed by atoms with Gasteiger partial charge in [-0.25, -0.2) is 15.0 Å². The molecular weight excluding hydrogens is 617 g/mol. The molecule has 0 bridgehead atoms. The van der Waals surface area contributed by atoms with Crippen molar-refractivity contribution in [2.24, 2.45) is 0 Å². The highest BCUT2D eigenvalue weighted by Gasteiger charge is 2.50. The molecule has 47 heavy (non-hydrogen) atoms. The van der Waals surface area contributed by atoms with Gasteiger partial charge in [-0.3, -0.25) is 14.0 Å². The van der Waals surface area contributed by atoms with E-state index in [1.54, 1.807) is 29.8 Å². The Bertz CT molecular complexity index is 1860. The number of aromatic nitrogens is 4. The average Bonchev–Trinajstić information content (AvgIpc) is 3.69. The summed E-state index contributed by atoms with van der Waals surface area (Å²) in [7, 11) is 0. The van der Waals surface area contributed by atoms with Crippen LogP contribution in [0.5, 0.6) is 5.75 Å². The number of morpholine rings is 1. The lowest BCUT2D eigenvalue weighted by atomic mass is 9.90. The number of rotatable bonds is 6. The summed E-state index contributed by atoms with van der Waals surface area (Å²) < 4.78 is 53.6. The first-order valence-electron chi connectivity index (χ1n) is 15.5. The van der Waals surface area contributed by atoms with Crippen LogP contribution in [0.2, 0.25) is 0 Å². The standard InChI is InChI=1S/C32H33F3N8O4/c1-2-46-22-13-18(29(44)40-24-14-19(7-10-37-24)32(33,34)35)5-6-21(22)25-26-27(36)38-11-12-42(26)28(41-25)23-16-43-20(17-47-23)15-39-31(30(43)45)8-3-4-9-31/h5-7,10-14,20,23,39H,2-4,8-9,15-17H2,1H3,(H2,36,38)(H,37,40,44)/t20-,23-/m1/s1. The number of fused-ring (bicyclic) bond motifs is 2. The Morgan fingerprint density at radius 3 is 2.77 bits per heavy atom. The summed E-state index contributed by atoms with van der Waals surface area (Å²) in [6.45, 7) is 3.38. The highest BCUT2D eigenvalue weighted by atomic mass is 19.4. The van der Waals surface area contributed by atoms with E-state index in [4.69, 9.17) is 20.2 Å². The minimum atomic E-state index is -4.59. The number of carbonyl (C=O) groups excluding carboxylic acids is 2. The molecule has 2 atom stereocenters. The lowest BCUT2D eigenvalue weighted by Crippen LogP contribution is -2.69. The molecule has 0 radical (unpaired) electrons. The van der Waals surface area contributed by atoms with E-state index in [9.17, 15) is 22.8 Å². The molecule has 15 heteroatoms. The molecule has 12 nitrogen and oxygen atoms in total. The Kier molecular flexibility index (Phi) is 7.75. The number of piperazine rings is 1. The van der Waals surface area contributed by atoms with E-state index in [-0.39, 0.29) is 35.8 Å². The van der Waals surface area contributed by atoms with Crippen molar-refractivity contribution in [2.45, 2.75) is 56.5 Å². The summed E-state index contributed by atoms with van der Waals surface area (Å²) in [5.74, 6) is 0.234. The first-order valence-corrected chi connectivity index (χ1v) is 15.5. The van der Waals surface area contributed by atoms with Crippen LogP contribution in [0.3, 0.4) is 0 Å². The largest absolute Gasteiger partial charge is 0.493 e. The van der Waals surface area contributed by atoms with E-state index in [0.717, 1.165) is 44.0 Å². The molecular formula is C32H33F3N8O4. The van der Waals surface area contributed by atoms with E-state index in [1.165, 1.54) is 12.1 Å². The number of alkyl halides is 3. The monoisotopic (exact) mass is 650 g/mol. The van der Waals surface area contributed by atoms with Crippen LogP contribution < -0.4 is 21.1 Å². The molecule has 3 aromatic heterocycles. The van der Waals surface area contributed by atoms with Crippen molar-refractivity contribution in [3.05, 3.63) is 65.9 Å². The van der Waals surface area contributed by atoms with E-state index < -0.39 is 29.3 Å². The highest BCUT2D eigenvalue weighted by molar-refractivity contribution is 6.04. The van der Waals surface area contributed by atoms with Gasteiger partial charge in [0.1, 0.15) is 40.5 Å². The highest BCUT2D eigenvalue weighted by Crippen LogP contribution is 2.40. The van der Waals surface area contributed by atoms with Gasteiger partial charge in [0.15, 0.2) is 0 Å². The number of ether oxygens (including phenoxy) is 2. The van der Waals surface area contributed by atoms with Gasteiger partial charge >= 0.3 is 6.18 Å². The molecule has 3 aliphatic rings. The van der Waals surface area contributed by atoms with Gasteiger partial charge in [-0.05, 0) is 50.1 Å². The number of carbonyl (C=O) groups is 2. The summed E-state index contributed by atoms with van der Waals surface area (Å²) in [4.78, 5) is 41.9. The topological polar surface area (TPSA) is 149 Å². The molecule has 4 N–H and O–H groups in total. The number of nitrogen functional groups attached to an aromatic ring is 1. The molecule has 246 valence electrons. The lowest BCUT2D eigenvalue weighted by molar-refractivity contribution is -0.159. The van der Waals surface area contributed by atoms with Gasteiger partial charge in [0.25, 0.3) is 5.91 Å². The quantitative estimate of drug-likeness (QED) is 0.279. The second-order valence-corrected chi connectivity index (χ2v) is 12.0. The summed E-state index contributed by atoms with van der Waals surface area (Å²) in [5.41, 5.74) is 6.53. The summed E-state index contributed by atoms with van der Waals surface area (Å²) >= 11 is 0. The van der Waals surface area contributed by atoms with Crippen molar-refractivity contribution < 1.29 is 32.2 Å². The first kappa shape index (κ1) is 30.9. The number of halogens is 3. The van der Waals surface area contributed by atoms with Gasteiger partial charge in [0.2, 0.25) is 5.91 Å². The second kappa shape index (κ2) is 11.8. The van der Waals surface area contributed by atoms with Crippen LogP contribution in [0, 0.1) is 0 Å². The lowest BCUT2D eigenvalue weighted by Gasteiger charge is -2.48. The number of hydrogen-bond donors (Lipinski definition) is 3. The molecule has 2 amide bonds. The normalized spacial score (nSPS) is 20.9. The van der Waals surface area contributed by atoms with Crippen molar-refractivity contribution in [1.29, 1.82) is 0 Å². The van der Waals surface area contributed by atoms with Gasteiger partial charge in [0, 0.05) is 36.3 Å². The Balaban J connectivity index is 1.22. The fourth-order valence-electron chi connectivity index (χ4n) is 6.80. The van der Waals surface area contributed by atoms with Gasteiger partial charge in [0.05, 0.1) is 36.9 Å². The third-order valence-electron chi connectivity index (χ3n) is 9.12. The van der Waals surface area contributed by atoms with E-state index in [1.807, 2.05) is 4.90 Å². The number of nitrogens with two attached hydrogens (primary N) is 1. The van der Waals surface area contributed by atoms with Gasteiger partial charge in [-0.15, -0.1) is 0 Å². The predicted octanol–water partition coefficient (Wildman–Crippen LogP) is 4.23. The van der Waals surface area contributed by atoms with Crippen LogP contribution in [0.15, 0.2) is 48.9 Å². The Morgan fingerprint density at radius 2 is 2.00 bits per heavy atom. The summed E-state index contributed by atoms with van der Waals surface area (Å²) in [6, 6.07) is 6.16. The zero-order valence-electron chi connectivity index (χ0n) is 25.5. The molecule has 0 unspecified atom stereocenters. The minimum absolute atomic E-state index is 0.0724. The van der Waals surface area contributed by atoms with Crippen LogP contribution in [0.25, 0.3) is 16.8 Å². The SMILES string of the molecule is CCOc1cc(C(=O)Nc2cc(C(F)(F)F)ccn2)ccc1-c1nc([C@H]2CN3C(=O)C4(CCCC4)NC[C@@H]3CO2)n2ccnc(N)c12. The smallest absolute Gasteiger partial charge is 0.416 e. The zero-order chi connectivity index (χ0) is 32.9. The number of amides is 2. The number of nitrogens with one attached hydrogen (secondary N) is 2. The van der Waals surface area contributed by atoms with Gasteiger partial charge in [-0.1, -0.05) is 12.8 Å². The maximum absolute atomic E-state index is 13.7. The van der Waals surface area contributed by atoms with Crippen molar-refractivity contribution >= 4 is 29.0 Å². The Hall–Kier alpha value is -4.76. The minimum Gasteiger partial charge on any atom is -0.493 e. The molecule has 2 saturated heterocycles.